The van der Waals surface area contributed by atoms with Gasteiger partial charge >= 0.3 is 0 Å². The second-order valence-electron chi connectivity index (χ2n) is 6.38. The normalized spacial score (nSPS) is 13.0. The molecule has 0 aliphatic heterocycles. The van der Waals surface area contributed by atoms with E-state index in [0.717, 1.165) is 24.0 Å². The number of aryl methyl sites for hydroxylation is 3. The van der Waals surface area contributed by atoms with Crippen LogP contribution in [0.4, 0.5) is 5.69 Å². The number of rotatable bonds is 4. The molecule has 1 aliphatic rings. The van der Waals surface area contributed by atoms with Crippen LogP contribution in [0.25, 0.3) is 10.9 Å². The van der Waals surface area contributed by atoms with E-state index in [1.807, 2.05) is 24.3 Å². The number of amides is 1. The Labute approximate surface area is 145 Å². The number of para-hydroxylation sites is 1. The lowest BCUT2D eigenvalue weighted by Crippen LogP contribution is -2.18. The summed E-state index contributed by atoms with van der Waals surface area (Å²) in [6, 6.07) is 13.5. The summed E-state index contributed by atoms with van der Waals surface area (Å²) in [5.74, 6) is -0.0532. The Morgan fingerprint density at radius 2 is 1.96 bits per heavy atom. The van der Waals surface area contributed by atoms with Crippen LogP contribution in [0.2, 0.25) is 0 Å². The molecule has 1 heterocycles. The largest absolute Gasteiger partial charge is 0.326 e. The molecule has 25 heavy (non-hydrogen) atoms. The van der Waals surface area contributed by atoms with E-state index in [0.29, 0.717) is 18.4 Å². The number of aromatic nitrogens is 2. The van der Waals surface area contributed by atoms with Crippen molar-refractivity contribution in [1.82, 2.24) is 9.78 Å². The molecule has 0 unspecified atom stereocenters. The first kappa shape index (κ1) is 15.6. The third-order valence-electron chi connectivity index (χ3n) is 4.69. The first-order valence-electron chi connectivity index (χ1n) is 8.57. The highest BCUT2D eigenvalue weighted by molar-refractivity contribution is 5.91. The molecular formula is C20H19N3O2. The van der Waals surface area contributed by atoms with Crippen LogP contribution in [0, 0.1) is 0 Å². The highest BCUT2D eigenvalue weighted by Gasteiger charge is 2.12. The van der Waals surface area contributed by atoms with Gasteiger partial charge in [-0.05, 0) is 54.7 Å². The van der Waals surface area contributed by atoms with Crippen molar-refractivity contribution in [1.29, 1.82) is 0 Å². The van der Waals surface area contributed by atoms with Gasteiger partial charge in [-0.3, -0.25) is 14.3 Å². The SMILES string of the molecule is O=C(CCn1ncc(=O)c2ccccc21)Nc1ccc2c(c1)CCC2. The van der Waals surface area contributed by atoms with Crippen LogP contribution in [0.15, 0.2) is 53.5 Å². The number of nitrogens with one attached hydrogen (secondary N) is 1. The van der Waals surface area contributed by atoms with Crippen LogP contribution >= 0.6 is 0 Å². The fourth-order valence-electron chi connectivity index (χ4n) is 3.42. The third-order valence-corrected chi connectivity index (χ3v) is 4.69. The zero-order valence-electron chi connectivity index (χ0n) is 13.9. The van der Waals surface area contributed by atoms with E-state index in [1.165, 1.54) is 23.7 Å². The Kier molecular flexibility index (Phi) is 4.06. The summed E-state index contributed by atoms with van der Waals surface area (Å²) in [6.07, 6.45) is 5.02. The van der Waals surface area contributed by atoms with Gasteiger partial charge in [-0.25, -0.2) is 0 Å². The molecule has 5 heteroatoms. The van der Waals surface area contributed by atoms with E-state index in [9.17, 15) is 9.59 Å². The number of anilines is 1. The van der Waals surface area contributed by atoms with Crippen molar-refractivity contribution in [2.45, 2.75) is 32.2 Å². The van der Waals surface area contributed by atoms with Gasteiger partial charge in [0.1, 0.15) is 0 Å². The van der Waals surface area contributed by atoms with E-state index in [-0.39, 0.29) is 11.3 Å². The van der Waals surface area contributed by atoms with Crippen LogP contribution in [-0.2, 0) is 24.2 Å². The summed E-state index contributed by atoms with van der Waals surface area (Å²) < 4.78 is 1.71. The van der Waals surface area contributed by atoms with Crippen LogP contribution < -0.4 is 10.7 Å². The second kappa shape index (κ2) is 6.51. The molecule has 1 aromatic heterocycles. The first-order chi connectivity index (χ1) is 12.2. The molecule has 1 N–H and O–H groups in total. The molecule has 0 saturated heterocycles. The van der Waals surface area contributed by atoms with Gasteiger partial charge in [0.25, 0.3) is 0 Å². The second-order valence-corrected chi connectivity index (χ2v) is 6.38. The number of hydrogen-bond donors (Lipinski definition) is 1. The van der Waals surface area contributed by atoms with Crippen molar-refractivity contribution in [2.24, 2.45) is 0 Å². The summed E-state index contributed by atoms with van der Waals surface area (Å²) in [6.45, 7) is 0.428. The minimum Gasteiger partial charge on any atom is -0.326 e. The Balaban J connectivity index is 1.46. The fraction of sp³-hybridized carbons (Fsp3) is 0.250. The molecule has 0 radical (unpaired) electrons. The number of carbonyl (C=O) groups is 1. The van der Waals surface area contributed by atoms with Crippen molar-refractivity contribution in [2.75, 3.05) is 5.32 Å². The van der Waals surface area contributed by atoms with E-state index < -0.39 is 0 Å². The smallest absolute Gasteiger partial charge is 0.226 e. The highest BCUT2D eigenvalue weighted by Crippen LogP contribution is 2.24. The third kappa shape index (κ3) is 3.18. The Bertz CT molecular complexity index is 1010. The van der Waals surface area contributed by atoms with Gasteiger partial charge in [0, 0.05) is 17.5 Å². The van der Waals surface area contributed by atoms with Gasteiger partial charge in [0.05, 0.1) is 18.3 Å². The van der Waals surface area contributed by atoms with Crippen molar-refractivity contribution >= 4 is 22.5 Å². The lowest BCUT2D eigenvalue weighted by molar-refractivity contribution is -0.116. The molecule has 5 nitrogen and oxygen atoms in total. The van der Waals surface area contributed by atoms with Crippen LogP contribution in [0.3, 0.4) is 0 Å². The number of fused-ring (bicyclic) bond motifs is 2. The monoisotopic (exact) mass is 333 g/mol. The minimum atomic E-state index is -0.102. The van der Waals surface area contributed by atoms with E-state index >= 15 is 0 Å². The molecule has 0 fully saturated rings. The molecule has 0 saturated carbocycles. The topological polar surface area (TPSA) is 64.0 Å². The summed E-state index contributed by atoms with van der Waals surface area (Å²) >= 11 is 0. The molecule has 4 rings (SSSR count). The molecule has 0 atom stereocenters. The maximum Gasteiger partial charge on any atom is 0.226 e. The fourth-order valence-corrected chi connectivity index (χ4v) is 3.42. The van der Waals surface area contributed by atoms with Crippen molar-refractivity contribution < 1.29 is 4.79 Å². The molecule has 0 spiro atoms. The quantitative estimate of drug-likeness (QED) is 0.798. The summed E-state index contributed by atoms with van der Waals surface area (Å²) in [5.41, 5.74) is 4.23. The van der Waals surface area contributed by atoms with Gasteiger partial charge in [-0.15, -0.1) is 0 Å². The van der Waals surface area contributed by atoms with Crippen molar-refractivity contribution in [3.63, 3.8) is 0 Å². The lowest BCUT2D eigenvalue weighted by atomic mass is 10.1. The number of nitrogens with zero attached hydrogens (tertiary/aromatic N) is 2. The van der Waals surface area contributed by atoms with Gasteiger partial charge in [0.2, 0.25) is 11.3 Å². The molecular weight excluding hydrogens is 314 g/mol. The molecule has 126 valence electrons. The van der Waals surface area contributed by atoms with Gasteiger partial charge in [-0.1, -0.05) is 18.2 Å². The molecule has 3 aromatic rings. The summed E-state index contributed by atoms with van der Waals surface area (Å²) in [4.78, 5) is 24.1. The molecule has 1 aliphatic carbocycles. The summed E-state index contributed by atoms with van der Waals surface area (Å²) in [5, 5.41) is 7.74. The average Bonchev–Trinajstić information content (AvgIpc) is 3.09. The minimum absolute atomic E-state index is 0.0532. The lowest BCUT2D eigenvalue weighted by Gasteiger charge is -2.10. The number of benzene rings is 2. The van der Waals surface area contributed by atoms with E-state index in [2.05, 4.69) is 22.5 Å². The predicted octanol–water partition coefficient (Wildman–Crippen LogP) is 2.91. The Hall–Kier alpha value is -2.95. The van der Waals surface area contributed by atoms with Crippen molar-refractivity contribution in [3.05, 3.63) is 70.0 Å². The van der Waals surface area contributed by atoms with Gasteiger partial charge in [0.15, 0.2) is 0 Å². The highest BCUT2D eigenvalue weighted by atomic mass is 16.1. The average molecular weight is 333 g/mol. The standard InChI is InChI=1S/C20H19N3O2/c24-19-13-21-23(18-7-2-1-6-17(18)19)11-10-20(25)22-16-9-8-14-4-3-5-15(14)12-16/h1-2,6-9,12-13H,3-5,10-11H2,(H,22,25). The maximum absolute atomic E-state index is 12.3. The van der Waals surface area contributed by atoms with Crippen LogP contribution in [-0.4, -0.2) is 15.7 Å². The van der Waals surface area contributed by atoms with Gasteiger partial charge < -0.3 is 5.32 Å². The van der Waals surface area contributed by atoms with Crippen LogP contribution in [0.1, 0.15) is 24.0 Å². The van der Waals surface area contributed by atoms with E-state index in [4.69, 9.17) is 0 Å². The Morgan fingerprint density at radius 1 is 1.12 bits per heavy atom. The molecule has 0 bridgehead atoms. The zero-order valence-corrected chi connectivity index (χ0v) is 13.9. The van der Waals surface area contributed by atoms with Gasteiger partial charge in [-0.2, -0.15) is 5.10 Å². The number of hydrogen-bond acceptors (Lipinski definition) is 3. The first-order valence-corrected chi connectivity index (χ1v) is 8.57. The van der Waals surface area contributed by atoms with Crippen LogP contribution in [0.5, 0.6) is 0 Å². The predicted molar refractivity (Wildman–Crippen MR) is 97.7 cm³/mol. The zero-order chi connectivity index (χ0) is 17.2. The summed E-state index contributed by atoms with van der Waals surface area (Å²) in [7, 11) is 0. The molecule has 2 aromatic carbocycles. The van der Waals surface area contributed by atoms with Crippen molar-refractivity contribution in [3.8, 4) is 0 Å². The molecule has 1 amide bonds. The number of carbonyl (C=O) groups excluding carboxylic acids is 1. The van der Waals surface area contributed by atoms with E-state index in [1.54, 1.807) is 10.7 Å². The Morgan fingerprint density at radius 3 is 2.88 bits per heavy atom. The maximum atomic E-state index is 12.3.